The van der Waals surface area contributed by atoms with E-state index >= 15 is 0 Å². The SMILES string of the molecule is OC(CNC1CC1)CN1CCOC2CCCC21. The van der Waals surface area contributed by atoms with E-state index in [1.807, 2.05) is 0 Å². The second-order valence-corrected chi connectivity index (χ2v) is 5.74. The van der Waals surface area contributed by atoms with E-state index < -0.39 is 0 Å². The molecule has 3 atom stereocenters. The number of hydrogen-bond donors (Lipinski definition) is 2. The van der Waals surface area contributed by atoms with Crippen molar-refractivity contribution in [2.24, 2.45) is 0 Å². The van der Waals surface area contributed by atoms with Gasteiger partial charge in [0.1, 0.15) is 0 Å². The second-order valence-electron chi connectivity index (χ2n) is 5.74. The van der Waals surface area contributed by atoms with Crippen LogP contribution in [-0.4, -0.2) is 60.5 Å². The summed E-state index contributed by atoms with van der Waals surface area (Å²) in [7, 11) is 0. The highest BCUT2D eigenvalue weighted by Gasteiger charge is 2.36. The number of nitrogens with one attached hydrogen (secondary N) is 1. The van der Waals surface area contributed by atoms with Gasteiger partial charge in [-0.25, -0.2) is 0 Å². The molecule has 2 aliphatic carbocycles. The van der Waals surface area contributed by atoms with Crippen LogP contribution in [0.5, 0.6) is 0 Å². The molecule has 3 fully saturated rings. The molecular weight excluding hydrogens is 216 g/mol. The second kappa shape index (κ2) is 5.22. The normalized spacial score (nSPS) is 35.8. The summed E-state index contributed by atoms with van der Waals surface area (Å²) in [4.78, 5) is 2.44. The van der Waals surface area contributed by atoms with Crippen LogP contribution in [0.15, 0.2) is 0 Å². The summed E-state index contributed by atoms with van der Waals surface area (Å²) in [5.41, 5.74) is 0. The third kappa shape index (κ3) is 2.99. The van der Waals surface area contributed by atoms with E-state index in [2.05, 4.69) is 10.2 Å². The number of β-amino-alcohol motifs (C(OH)–C–C–N with tert-alkyl or cyclic N) is 1. The van der Waals surface area contributed by atoms with Gasteiger partial charge in [0.05, 0.1) is 18.8 Å². The fourth-order valence-corrected chi connectivity index (χ4v) is 3.16. The van der Waals surface area contributed by atoms with Crippen molar-refractivity contribution in [2.45, 2.75) is 56.4 Å². The van der Waals surface area contributed by atoms with Crippen LogP contribution in [0.1, 0.15) is 32.1 Å². The minimum Gasteiger partial charge on any atom is -0.390 e. The van der Waals surface area contributed by atoms with Crippen molar-refractivity contribution in [1.82, 2.24) is 10.2 Å². The molecule has 2 saturated carbocycles. The zero-order valence-corrected chi connectivity index (χ0v) is 10.5. The standard InChI is InChI=1S/C13H24N2O2/c16-11(8-14-10-4-5-10)9-15-6-7-17-13-3-1-2-12(13)15/h10-14,16H,1-9H2. The van der Waals surface area contributed by atoms with Crippen LogP contribution in [0.25, 0.3) is 0 Å². The lowest BCUT2D eigenvalue weighted by Gasteiger charge is -2.38. The summed E-state index contributed by atoms with van der Waals surface area (Å²) in [6, 6.07) is 1.26. The molecule has 4 heteroatoms. The minimum atomic E-state index is -0.227. The van der Waals surface area contributed by atoms with Crippen LogP contribution < -0.4 is 5.32 Å². The fourth-order valence-electron chi connectivity index (χ4n) is 3.16. The molecule has 0 aromatic rings. The fraction of sp³-hybridized carbons (Fsp3) is 1.00. The van der Waals surface area contributed by atoms with Gasteiger partial charge in [-0.1, -0.05) is 0 Å². The lowest BCUT2D eigenvalue weighted by Crippen LogP contribution is -2.52. The monoisotopic (exact) mass is 240 g/mol. The maximum absolute atomic E-state index is 10.1. The van der Waals surface area contributed by atoms with Crippen molar-refractivity contribution in [2.75, 3.05) is 26.2 Å². The smallest absolute Gasteiger partial charge is 0.0791 e. The van der Waals surface area contributed by atoms with Gasteiger partial charge in [-0.05, 0) is 32.1 Å². The molecule has 1 saturated heterocycles. The molecule has 1 aliphatic heterocycles. The number of aliphatic hydroxyl groups is 1. The zero-order valence-electron chi connectivity index (χ0n) is 10.5. The predicted molar refractivity (Wildman–Crippen MR) is 66.0 cm³/mol. The van der Waals surface area contributed by atoms with Gasteiger partial charge in [0.15, 0.2) is 0 Å². The number of nitrogens with zero attached hydrogens (tertiary/aromatic N) is 1. The summed E-state index contributed by atoms with van der Waals surface area (Å²) in [6.07, 6.45) is 6.51. The van der Waals surface area contributed by atoms with Gasteiger partial charge < -0.3 is 15.2 Å². The third-order valence-corrected chi connectivity index (χ3v) is 4.26. The molecule has 4 nitrogen and oxygen atoms in total. The molecule has 17 heavy (non-hydrogen) atoms. The predicted octanol–water partition coefficient (Wildman–Crippen LogP) is 0.353. The molecule has 2 N–H and O–H groups in total. The first-order valence-electron chi connectivity index (χ1n) is 7.10. The Morgan fingerprint density at radius 3 is 3.00 bits per heavy atom. The molecule has 0 spiro atoms. The Labute approximate surface area is 103 Å². The quantitative estimate of drug-likeness (QED) is 0.728. The highest BCUT2D eigenvalue weighted by Crippen LogP contribution is 2.29. The van der Waals surface area contributed by atoms with Crippen molar-refractivity contribution in [3.05, 3.63) is 0 Å². The van der Waals surface area contributed by atoms with Crippen LogP contribution in [-0.2, 0) is 4.74 Å². The molecular formula is C13H24N2O2. The van der Waals surface area contributed by atoms with Crippen molar-refractivity contribution in [1.29, 1.82) is 0 Å². The van der Waals surface area contributed by atoms with Gasteiger partial charge in [0, 0.05) is 31.7 Å². The molecule has 3 unspecified atom stereocenters. The molecule has 3 aliphatic rings. The third-order valence-electron chi connectivity index (χ3n) is 4.26. The van der Waals surface area contributed by atoms with Crippen LogP contribution in [0.2, 0.25) is 0 Å². The topological polar surface area (TPSA) is 44.7 Å². The molecule has 98 valence electrons. The molecule has 0 amide bonds. The van der Waals surface area contributed by atoms with E-state index in [0.29, 0.717) is 18.2 Å². The maximum Gasteiger partial charge on any atom is 0.0791 e. The van der Waals surface area contributed by atoms with Crippen LogP contribution in [0, 0.1) is 0 Å². The molecule has 1 heterocycles. The molecule has 3 rings (SSSR count). The van der Waals surface area contributed by atoms with E-state index in [1.165, 1.54) is 32.1 Å². The lowest BCUT2D eigenvalue weighted by molar-refractivity contribution is -0.0669. The molecule has 0 radical (unpaired) electrons. The van der Waals surface area contributed by atoms with Gasteiger partial charge in [-0.15, -0.1) is 0 Å². The van der Waals surface area contributed by atoms with E-state index in [4.69, 9.17) is 4.74 Å². The number of aliphatic hydroxyl groups excluding tert-OH is 1. The van der Waals surface area contributed by atoms with E-state index in [0.717, 1.165) is 26.2 Å². The summed E-state index contributed by atoms with van der Waals surface area (Å²) in [6.45, 7) is 3.38. The minimum absolute atomic E-state index is 0.227. The summed E-state index contributed by atoms with van der Waals surface area (Å²) >= 11 is 0. The van der Waals surface area contributed by atoms with Gasteiger partial charge in [-0.2, -0.15) is 0 Å². The lowest BCUT2D eigenvalue weighted by atomic mass is 10.1. The average molecular weight is 240 g/mol. The van der Waals surface area contributed by atoms with Gasteiger partial charge in [-0.3, -0.25) is 4.90 Å². The number of hydrogen-bond acceptors (Lipinski definition) is 4. The number of morpholine rings is 1. The average Bonchev–Trinajstić information content (AvgIpc) is 3.03. The van der Waals surface area contributed by atoms with Crippen molar-refractivity contribution in [3.63, 3.8) is 0 Å². The van der Waals surface area contributed by atoms with Crippen molar-refractivity contribution < 1.29 is 9.84 Å². The highest BCUT2D eigenvalue weighted by atomic mass is 16.5. The highest BCUT2D eigenvalue weighted by molar-refractivity contribution is 4.90. The first-order chi connectivity index (χ1) is 8.33. The van der Waals surface area contributed by atoms with Gasteiger partial charge >= 0.3 is 0 Å². The number of ether oxygens (including phenoxy) is 1. The largest absolute Gasteiger partial charge is 0.390 e. The zero-order chi connectivity index (χ0) is 11.7. The first kappa shape index (κ1) is 11.9. The van der Waals surface area contributed by atoms with Gasteiger partial charge in [0.2, 0.25) is 0 Å². The Hall–Kier alpha value is -0.160. The Kier molecular flexibility index (Phi) is 3.66. The number of rotatable bonds is 5. The Bertz CT molecular complexity index is 258. The summed E-state index contributed by atoms with van der Waals surface area (Å²) in [5, 5.41) is 13.5. The van der Waals surface area contributed by atoms with E-state index in [1.54, 1.807) is 0 Å². The first-order valence-corrected chi connectivity index (χ1v) is 7.10. The molecule has 0 aromatic carbocycles. The Morgan fingerprint density at radius 1 is 1.29 bits per heavy atom. The molecule has 0 bridgehead atoms. The van der Waals surface area contributed by atoms with Crippen LogP contribution in [0.4, 0.5) is 0 Å². The molecule has 0 aromatic heterocycles. The Morgan fingerprint density at radius 2 is 2.18 bits per heavy atom. The van der Waals surface area contributed by atoms with E-state index in [9.17, 15) is 5.11 Å². The van der Waals surface area contributed by atoms with Crippen molar-refractivity contribution in [3.8, 4) is 0 Å². The van der Waals surface area contributed by atoms with E-state index in [-0.39, 0.29) is 6.10 Å². The van der Waals surface area contributed by atoms with Crippen molar-refractivity contribution >= 4 is 0 Å². The summed E-state index contributed by atoms with van der Waals surface area (Å²) in [5.74, 6) is 0. The van der Waals surface area contributed by atoms with Crippen LogP contribution >= 0.6 is 0 Å². The van der Waals surface area contributed by atoms with Crippen LogP contribution in [0.3, 0.4) is 0 Å². The Balaban J connectivity index is 1.45. The number of fused-ring (bicyclic) bond motifs is 1. The summed E-state index contributed by atoms with van der Waals surface area (Å²) < 4.78 is 5.78. The van der Waals surface area contributed by atoms with Gasteiger partial charge in [0.25, 0.3) is 0 Å². The maximum atomic E-state index is 10.1.